The van der Waals surface area contributed by atoms with Gasteiger partial charge in [0.05, 0.1) is 12.7 Å². The highest BCUT2D eigenvalue weighted by atomic mass is 16.5. The zero-order valence-corrected chi connectivity index (χ0v) is 16.0. The highest BCUT2D eigenvalue weighted by Crippen LogP contribution is 2.40. The summed E-state index contributed by atoms with van der Waals surface area (Å²) in [5.41, 5.74) is 2.86. The zero-order chi connectivity index (χ0) is 17.9. The van der Waals surface area contributed by atoms with Gasteiger partial charge < -0.3 is 4.74 Å². The van der Waals surface area contributed by atoms with Crippen LogP contribution >= 0.6 is 0 Å². The molecule has 0 atom stereocenters. The highest BCUT2D eigenvalue weighted by molar-refractivity contribution is 5.17. The van der Waals surface area contributed by atoms with E-state index >= 15 is 0 Å². The molecule has 134 valence electrons. The number of piperidine rings is 1. The first-order valence-corrected chi connectivity index (χ1v) is 9.34. The third-order valence-corrected chi connectivity index (χ3v) is 5.43. The Balaban J connectivity index is 1.68. The Labute approximate surface area is 152 Å². The van der Waals surface area contributed by atoms with Crippen LogP contribution in [0.3, 0.4) is 0 Å². The van der Waals surface area contributed by atoms with Crippen LogP contribution in [0.4, 0.5) is 0 Å². The lowest BCUT2D eigenvalue weighted by molar-refractivity contribution is -0.112. The Morgan fingerprint density at radius 3 is 1.80 bits per heavy atom. The fourth-order valence-electron chi connectivity index (χ4n) is 4.33. The van der Waals surface area contributed by atoms with Crippen LogP contribution in [-0.2, 0) is 17.9 Å². The quantitative estimate of drug-likeness (QED) is 0.722. The number of nitrogens with zero attached hydrogens (tertiary/aromatic N) is 1. The first kappa shape index (κ1) is 18.2. The maximum Gasteiger partial charge on any atom is 0.0720 e. The molecule has 0 spiro atoms. The van der Waals surface area contributed by atoms with Gasteiger partial charge in [-0.1, -0.05) is 60.7 Å². The van der Waals surface area contributed by atoms with E-state index in [9.17, 15) is 0 Å². The van der Waals surface area contributed by atoms with Gasteiger partial charge >= 0.3 is 0 Å². The molecular weight excluding hydrogens is 306 g/mol. The van der Waals surface area contributed by atoms with Crippen molar-refractivity contribution in [2.24, 2.45) is 0 Å². The number of rotatable bonds is 5. The first-order valence-electron chi connectivity index (χ1n) is 9.34. The van der Waals surface area contributed by atoms with Crippen LogP contribution in [0.5, 0.6) is 0 Å². The Hall–Kier alpha value is -1.64. The van der Waals surface area contributed by atoms with Crippen LogP contribution in [0.1, 0.15) is 51.7 Å². The van der Waals surface area contributed by atoms with E-state index in [4.69, 9.17) is 4.74 Å². The van der Waals surface area contributed by atoms with Crippen molar-refractivity contribution in [3.05, 3.63) is 71.8 Å². The average molecular weight is 338 g/mol. The molecule has 1 aliphatic heterocycles. The Bertz CT molecular complexity index is 645. The average Bonchev–Trinajstić information content (AvgIpc) is 2.58. The summed E-state index contributed by atoms with van der Waals surface area (Å²) in [5.74, 6) is 0. The van der Waals surface area contributed by atoms with Crippen molar-refractivity contribution in [1.29, 1.82) is 0 Å². The Kier molecular flexibility index (Phi) is 5.31. The molecule has 0 aliphatic carbocycles. The van der Waals surface area contributed by atoms with Gasteiger partial charge in [0.25, 0.3) is 0 Å². The normalized spacial score (nSPS) is 20.5. The van der Waals surface area contributed by atoms with Crippen LogP contribution in [0, 0.1) is 0 Å². The third-order valence-electron chi connectivity index (χ3n) is 5.43. The van der Waals surface area contributed by atoms with Gasteiger partial charge in [-0.2, -0.15) is 0 Å². The molecule has 0 aromatic heterocycles. The molecule has 3 rings (SSSR count). The fraction of sp³-hybridized carbons (Fsp3) is 0.478. The van der Waals surface area contributed by atoms with E-state index in [1.54, 1.807) is 0 Å². The molecule has 2 aromatic carbocycles. The molecule has 2 aromatic rings. The monoisotopic (exact) mass is 337 g/mol. The van der Waals surface area contributed by atoms with Gasteiger partial charge in [-0.15, -0.1) is 0 Å². The molecule has 25 heavy (non-hydrogen) atoms. The molecule has 0 bridgehead atoms. The predicted octanol–water partition coefficient (Wildman–Crippen LogP) is 5.43. The van der Waals surface area contributed by atoms with Crippen molar-refractivity contribution in [3.8, 4) is 0 Å². The van der Waals surface area contributed by atoms with E-state index in [2.05, 4.69) is 93.3 Å². The molecule has 2 nitrogen and oxygen atoms in total. The predicted molar refractivity (Wildman–Crippen MR) is 104 cm³/mol. The molecule has 0 unspecified atom stereocenters. The summed E-state index contributed by atoms with van der Waals surface area (Å²) in [7, 11) is 0. The van der Waals surface area contributed by atoms with Crippen molar-refractivity contribution in [2.45, 2.75) is 70.9 Å². The van der Waals surface area contributed by atoms with E-state index in [1.165, 1.54) is 11.1 Å². The molecular formula is C23H31NO. The summed E-state index contributed by atoms with van der Waals surface area (Å²) in [6.45, 7) is 11.1. The van der Waals surface area contributed by atoms with Crippen LogP contribution in [-0.4, -0.2) is 22.1 Å². The van der Waals surface area contributed by atoms with Crippen LogP contribution in [0.25, 0.3) is 0 Å². The molecule has 1 saturated heterocycles. The molecule has 2 heteroatoms. The van der Waals surface area contributed by atoms with Gasteiger partial charge in [-0.25, -0.2) is 0 Å². The summed E-state index contributed by atoms with van der Waals surface area (Å²) in [6.07, 6.45) is 2.43. The molecule has 0 saturated carbocycles. The van der Waals surface area contributed by atoms with Gasteiger partial charge in [0, 0.05) is 17.6 Å². The summed E-state index contributed by atoms with van der Waals surface area (Å²) in [6, 6.07) is 21.3. The van der Waals surface area contributed by atoms with Gasteiger partial charge in [0.15, 0.2) is 0 Å². The molecule has 0 radical (unpaired) electrons. The number of hydrogen-bond acceptors (Lipinski definition) is 2. The second-order valence-corrected chi connectivity index (χ2v) is 8.52. The van der Waals surface area contributed by atoms with Crippen molar-refractivity contribution in [2.75, 3.05) is 0 Å². The zero-order valence-electron chi connectivity index (χ0n) is 16.0. The maximum absolute atomic E-state index is 6.31. The smallest absolute Gasteiger partial charge is 0.0720 e. The topological polar surface area (TPSA) is 12.5 Å². The van der Waals surface area contributed by atoms with Crippen LogP contribution in [0.2, 0.25) is 0 Å². The minimum Gasteiger partial charge on any atom is -0.373 e. The standard InChI is InChI=1S/C23H31NO/c1-22(2)15-21(25-18-20-13-9-6-10-14-20)16-23(3,4)24(22)17-19-11-7-5-8-12-19/h5-14,21H,15-18H2,1-4H3. The SMILES string of the molecule is CC1(C)CC(OCc2ccccc2)CC(C)(C)N1Cc1ccccc1. The molecule has 0 amide bonds. The Morgan fingerprint density at radius 1 is 0.800 bits per heavy atom. The van der Waals surface area contributed by atoms with Gasteiger partial charge in [-0.3, -0.25) is 4.90 Å². The lowest BCUT2D eigenvalue weighted by atomic mass is 9.77. The highest BCUT2D eigenvalue weighted by Gasteiger charge is 2.45. The number of benzene rings is 2. The summed E-state index contributed by atoms with van der Waals surface area (Å²) in [5, 5.41) is 0. The van der Waals surface area contributed by atoms with Crippen molar-refractivity contribution in [3.63, 3.8) is 0 Å². The maximum atomic E-state index is 6.31. The first-order chi connectivity index (χ1) is 11.9. The molecule has 0 N–H and O–H groups in total. The molecule has 1 aliphatic rings. The minimum atomic E-state index is 0.110. The van der Waals surface area contributed by atoms with Gasteiger partial charge in [0.2, 0.25) is 0 Å². The van der Waals surface area contributed by atoms with E-state index < -0.39 is 0 Å². The van der Waals surface area contributed by atoms with E-state index in [0.29, 0.717) is 12.7 Å². The van der Waals surface area contributed by atoms with Gasteiger partial charge in [-0.05, 0) is 51.7 Å². The third kappa shape index (κ3) is 4.50. The number of hydrogen-bond donors (Lipinski definition) is 0. The van der Waals surface area contributed by atoms with E-state index in [-0.39, 0.29) is 11.1 Å². The molecule has 1 heterocycles. The summed E-state index contributed by atoms with van der Waals surface area (Å²) >= 11 is 0. The largest absolute Gasteiger partial charge is 0.373 e. The number of ether oxygens (including phenoxy) is 1. The lowest BCUT2D eigenvalue weighted by Crippen LogP contribution is -2.61. The summed E-state index contributed by atoms with van der Waals surface area (Å²) < 4.78 is 6.31. The molecule has 1 fully saturated rings. The van der Waals surface area contributed by atoms with Crippen LogP contribution < -0.4 is 0 Å². The second kappa shape index (κ2) is 7.31. The fourth-order valence-corrected chi connectivity index (χ4v) is 4.33. The van der Waals surface area contributed by atoms with E-state index in [0.717, 1.165) is 19.4 Å². The number of likely N-dealkylation sites (tertiary alicyclic amines) is 1. The van der Waals surface area contributed by atoms with Gasteiger partial charge in [0.1, 0.15) is 0 Å². The minimum absolute atomic E-state index is 0.110. The van der Waals surface area contributed by atoms with Crippen molar-refractivity contribution in [1.82, 2.24) is 4.90 Å². The van der Waals surface area contributed by atoms with Crippen molar-refractivity contribution < 1.29 is 4.74 Å². The van der Waals surface area contributed by atoms with E-state index in [1.807, 2.05) is 0 Å². The second-order valence-electron chi connectivity index (χ2n) is 8.52. The van der Waals surface area contributed by atoms with Crippen molar-refractivity contribution >= 4 is 0 Å². The lowest BCUT2D eigenvalue weighted by Gasteiger charge is -2.55. The van der Waals surface area contributed by atoms with Crippen LogP contribution in [0.15, 0.2) is 60.7 Å². The summed E-state index contributed by atoms with van der Waals surface area (Å²) in [4.78, 5) is 2.65. The Morgan fingerprint density at radius 2 is 1.28 bits per heavy atom.